The maximum absolute atomic E-state index is 14.4. The molecule has 228 valence electrons. The van der Waals surface area contributed by atoms with E-state index in [1.54, 1.807) is 37.7 Å². The zero-order chi connectivity index (χ0) is 30.7. The summed E-state index contributed by atoms with van der Waals surface area (Å²) in [5.74, 6) is 5.93. The number of amides is 2. The number of unbranched alkanes of at least 4 members (excludes halogenated alkanes) is 1. The Hall–Kier alpha value is -3.24. The number of ketones is 1. The third kappa shape index (κ3) is 10.3. The van der Waals surface area contributed by atoms with Gasteiger partial charge in [-0.05, 0) is 78.1 Å². The SMILES string of the molecule is C=N/C(C(=O)N(CC(C)C)[C@H]1CC(C(C)=O)CN(C(=O)OC(C)(C)C)C1)=C(/CCCCOC)N(N)c1ccccc1. The van der Waals surface area contributed by atoms with E-state index in [1.165, 1.54) is 11.9 Å². The fraction of sp³-hybridized carbons (Fsp3) is 0.613. The van der Waals surface area contributed by atoms with Gasteiger partial charge in [-0.15, -0.1) is 0 Å². The van der Waals surface area contributed by atoms with E-state index in [2.05, 4.69) is 11.7 Å². The number of likely N-dealkylation sites (tertiary alicyclic amines) is 1. The number of carbonyl (C=O) groups excluding carboxylic acids is 3. The van der Waals surface area contributed by atoms with Crippen molar-refractivity contribution in [3.05, 3.63) is 41.7 Å². The third-order valence-corrected chi connectivity index (χ3v) is 6.89. The number of hydrogen-bond donors (Lipinski definition) is 1. The third-order valence-electron chi connectivity index (χ3n) is 6.89. The number of hydrogen-bond acceptors (Lipinski definition) is 8. The number of rotatable bonds is 13. The van der Waals surface area contributed by atoms with Crippen molar-refractivity contribution in [1.29, 1.82) is 0 Å². The van der Waals surface area contributed by atoms with Crippen molar-refractivity contribution < 1.29 is 23.9 Å². The van der Waals surface area contributed by atoms with E-state index in [9.17, 15) is 14.4 Å². The predicted molar refractivity (Wildman–Crippen MR) is 162 cm³/mol. The lowest BCUT2D eigenvalue weighted by atomic mass is 9.90. The van der Waals surface area contributed by atoms with Crippen molar-refractivity contribution in [2.45, 2.75) is 78.9 Å². The molecule has 1 aromatic carbocycles. The molecule has 2 N–H and O–H groups in total. The molecule has 0 aliphatic carbocycles. The van der Waals surface area contributed by atoms with Crippen LogP contribution in [0.3, 0.4) is 0 Å². The van der Waals surface area contributed by atoms with Gasteiger partial charge in [-0.2, -0.15) is 0 Å². The van der Waals surface area contributed by atoms with E-state index in [0.29, 0.717) is 37.4 Å². The molecule has 2 rings (SSSR count). The number of anilines is 1. The van der Waals surface area contributed by atoms with E-state index in [-0.39, 0.29) is 36.4 Å². The van der Waals surface area contributed by atoms with Gasteiger partial charge in [0.15, 0.2) is 0 Å². The molecule has 1 heterocycles. The van der Waals surface area contributed by atoms with E-state index in [1.807, 2.05) is 44.2 Å². The van der Waals surface area contributed by atoms with Gasteiger partial charge in [0.05, 0.1) is 17.4 Å². The summed E-state index contributed by atoms with van der Waals surface area (Å²) < 4.78 is 10.8. The highest BCUT2D eigenvalue weighted by Crippen LogP contribution is 2.29. The Morgan fingerprint density at radius 2 is 1.80 bits per heavy atom. The molecule has 1 fully saturated rings. The summed E-state index contributed by atoms with van der Waals surface area (Å²) in [6.07, 6.45) is 1.92. The Bertz CT molecular complexity index is 1070. The van der Waals surface area contributed by atoms with Crippen molar-refractivity contribution in [2.24, 2.45) is 22.7 Å². The highest BCUT2D eigenvalue weighted by molar-refractivity contribution is 5.95. The van der Waals surface area contributed by atoms with Crippen LogP contribution in [0.15, 0.2) is 46.7 Å². The minimum Gasteiger partial charge on any atom is -0.444 e. The lowest BCUT2D eigenvalue weighted by Crippen LogP contribution is -2.57. The van der Waals surface area contributed by atoms with Gasteiger partial charge in [-0.25, -0.2) is 10.6 Å². The van der Waals surface area contributed by atoms with Gasteiger partial charge >= 0.3 is 6.09 Å². The van der Waals surface area contributed by atoms with Gasteiger partial charge in [0.1, 0.15) is 17.1 Å². The first kappa shape index (κ1) is 34.0. The predicted octanol–water partition coefficient (Wildman–Crippen LogP) is 4.79. The van der Waals surface area contributed by atoms with Crippen LogP contribution in [0.2, 0.25) is 0 Å². The normalized spacial score (nSPS) is 18.0. The molecule has 0 spiro atoms. The first-order chi connectivity index (χ1) is 19.3. The molecule has 0 saturated carbocycles. The summed E-state index contributed by atoms with van der Waals surface area (Å²) in [6, 6.07) is 8.95. The quantitative estimate of drug-likeness (QED) is 0.119. The summed E-state index contributed by atoms with van der Waals surface area (Å²) in [5.41, 5.74) is 0.724. The summed E-state index contributed by atoms with van der Waals surface area (Å²) >= 11 is 0. The first-order valence-electron chi connectivity index (χ1n) is 14.4. The van der Waals surface area contributed by atoms with Gasteiger partial charge in [-0.1, -0.05) is 32.0 Å². The average molecular weight is 572 g/mol. The molecule has 10 nitrogen and oxygen atoms in total. The molecule has 1 aromatic rings. The summed E-state index contributed by atoms with van der Waals surface area (Å²) in [4.78, 5) is 47.5. The number of nitrogens with zero attached hydrogens (tertiary/aromatic N) is 4. The molecule has 2 atom stereocenters. The summed E-state index contributed by atoms with van der Waals surface area (Å²) in [7, 11) is 1.65. The van der Waals surface area contributed by atoms with Crippen molar-refractivity contribution >= 4 is 30.2 Å². The average Bonchev–Trinajstić information content (AvgIpc) is 2.92. The number of hydrazine groups is 1. The number of carbonyl (C=O) groups is 3. The zero-order valence-electron chi connectivity index (χ0n) is 25.9. The van der Waals surface area contributed by atoms with Crippen LogP contribution in [0.25, 0.3) is 0 Å². The van der Waals surface area contributed by atoms with Crippen molar-refractivity contribution in [2.75, 3.05) is 38.4 Å². The van der Waals surface area contributed by atoms with E-state index >= 15 is 0 Å². The Kier molecular flexibility index (Phi) is 13.0. The van der Waals surface area contributed by atoms with Gasteiger partial charge in [0, 0.05) is 39.3 Å². The smallest absolute Gasteiger partial charge is 0.410 e. The maximum Gasteiger partial charge on any atom is 0.410 e. The van der Waals surface area contributed by atoms with E-state index in [0.717, 1.165) is 12.8 Å². The summed E-state index contributed by atoms with van der Waals surface area (Å²) in [5, 5.41) is 1.49. The fourth-order valence-electron chi connectivity index (χ4n) is 4.91. The number of methoxy groups -OCH3 is 1. The number of benzene rings is 1. The molecular formula is C31H49N5O5. The highest BCUT2D eigenvalue weighted by Gasteiger charge is 2.39. The largest absolute Gasteiger partial charge is 0.444 e. The van der Waals surface area contributed by atoms with Crippen LogP contribution in [0.1, 0.15) is 67.2 Å². The van der Waals surface area contributed by atoms with Crippen molar-refractivity contribution in [3.8, 4) is 0 Å². The molecule has 1 saturated heterocycles. The molecule has 10 heteroatoms. The van der Waals surface area contributed by atoms with Gasteiger partial charge < -0.3 is 19.3 Å². The Morgan fingerprint density at radius 1 is 1.15 bits per heavy atom. The second-order valence-corrected chi connectivity index (χ2v) is 12.0. The lowest BCUT2D eigenvalue weighted by molar-refractivity contribution is -0.134. The molecule has 1 unspecified atom stereocenters. The highest BCUT2D eigenvalue weighted by atomic mass is 16.6. The summed E-state index contributed by atoms with van der Waals surface area (Å²) in [6.45, 7) is 16.2. The van der Waals surface area contributed by atoms with Crippen LogP contribution in [-0.4, -0.2) is 79.3 Å². The molecule has 1 aliphatic rings. The van der Waals surface area contributed by atoms with Gasteiger partial charge in [0.2, 0.25) is 0 Å². The van der Waals surface area contributed by atoms with Crippen LogP contribution in [0.5, 0.6) is 0 Å². The molecular weight excluding hydrogens is 522 g/mol. The second-order valence-electron chi connectivity index (χ2n) is 12.0. The molecule has 41 heavy (non-hydrogen) atoms. The Balaban J connectivity index is 2.54. The second kappa shape index (κ2) is 15.7. The van der Waals surface area contributed by atoms with Crippen LogP contribution in [0.4, 0.5) is 10.5 Å². The lowest BCUT2D eigenvalue weighted by Gasteiger charge is -2.43. The Labute approximate surface area is 245 Å². The zero-order valence-corrected chi connectivity index (χ0v) is 25.9. The maximum atomic E-state index is 14.4. The van der Waals surface area contributed by atoms with Gasteiger partial charge in [0.25, 0.3) is 5.91 Å². The number of ether oxygens (including phenoxy) is 2. The number of Topliss-reactive ketones (excluding diaryl/α,β-unsaturated/α-hetero) is 1. The minimum atomic E-state index is -0.689. The molecule has 0 aromatic heterocycles. The van der Waals surface area contributed by atoms with E-state index in [4.69, 9.17) is 15.3 Å². The van der Waals surface area contributed by atoms with Crippen LogP contribution in [0, 0.1) is 11.8 Å². The first-order valence-corrected chi connectivity index (χ1v) is 14.4. The molecule has 2 amide bonds. The van der Waals surface area contributed by atoms with Gasteiger partial charge in [-0.3, -0.25) is 19.6 Å². The monoisotopic (exact) mass is 571 g/mol. The van der Waals surface area contributed by atoms with E-state index < -0.39 is 23.7 Å². The minimum absolute atomic E-state index is 0.0335. The van der Waals surface area contributed by atoms with Crippen molar-refractivity contribution in [1.82, 2.24) is 9.80 Å². The molecule has 1 aliphatic heterocycles. The van der Waals surface area contributed by atoms with Crippen LogP contribution in [-0.2, 0) is 19.1 Å². The van der Waals surface area contributed by atoms with Crippen molar-refractivity contribution in [3.63, 3.8) is 0 Å². The standard InChI is InChI=1S/C31H49N5O5/c1-22(2)19-35(26-18-24(23(3)37)20-34(21-26)30(39)41-31(4,5)6)29(38)28(33-7)27(16-12-13-17-40-8)36(32)25-14-10-9-11-15-25/h9-11,14-15,22,24,26H,7,12-13,16-21,32H2,1-6,8H3/b28-27-/t24?,26-/m0/s1. The molecule has 0 bridgehead atoms. The fourth-order valence-corrected chi connectivity index (χ4v) is 4.91. The number of nitrogens with two attached hydrogens (primary N) is 1. The van der Waals surface area contributed by atoms with Crippen LogP contribution < -0.4 is 10.9 Å². The Morgan fingerprint density at radius 3 is 2.34 bits per heavy atom. The number of allylic oxidation sites excluding steroid dienone is 1. The number of piperidine rings is 1. The number of para-hydroxylation sites is 1. The number of aliphatic imine (C=N–C) groups is 1. The molecule has 0 radical (unpaired) electrons. The van der Waals surface area contributed by atoms with Crippen LogP contribution >= 0.6 is 0 Å². The topological polar surface area (TPSA) is 118 Å².